The minimum atomic E-state index is -1.04. The molecule has 0 saturated carbocycles. The number of nitrogens with two attached hydrogens (primary N) is 1. The number of rotatable bonds is 7. The van der Waals surface area contributed by atoms with Gasteiger partial charge in [-0.1, -0.05) is 23.2 Å². The molecule has 0 saturated heterocycles. The zero-order valence-electron chi connectivity index (χ0n) is 9.94. The van der Waals surface area contributed by atoms with Crippen molar-refractivity contribution in [3.05, 3.63) is 33.8 Å². The average molecular weight is 322 g/mol. The Morgan fingerprint density at radius 3 is 2.58 bits per heavy atom. The number of halogens is 2. The Hall–Kier alpha value is -0.750. The number of carboxylic acid groups (broad SMARTS) is 1. The molecule has 19 heavy (non-hydrogen) atoms. The fourth-order valence-corrected chi connectivity index (χ4v) is 2.45. The van der Waals surface area contributed by atoms with Gasteiger partial charge < -0.3 is 10.8 Å². The number of Topliss-reactive ketones (excluding diaryl/α,β-unsaturated/α-hetero) is 1. The molecule has 3 N–H and O–H groups in total. The molecule has 7 heteroatoms. The normalized spacial score (nSPS) is 12.2. The minimum Gasteiger partial charge on any atom is -0.480 e. The van der Waals surface area contributed by atoms with E-state index in [0.29, 0.717) is 27.8 Å². The lowest BCUT2D eigenvalue weighted by molar-refractivity contribution is -0.137. The molecule has 0 aliphatic carbocycles. The maximum absolute atomic E-state index is 11.8. The molecule has 1 atom stereocenters. The summed E-state index contributed by atoms with van der Waals surface area (Å²) in [6.07, 6.45) is 0.301. The van der Waals surface area contributed by atoms with Crippen LogP contribution in [0.3, 0.4) is 0 Å². The first-order valence-electron chi connectivity index (χ1n) is 5.46. The maximum atomic E-state index is 11.8. The van der Waals surface area contributed by atoms with Crippen LogP contribution in [-0.4, -0.2) is 34.4 Å². The summed E-state index contributed by atoms with van der Waals surface area (Å²) in [6, 6.07) is 3.82. The van der Waals surface area contributed by atoms with E-state index in [2.05, 4.69) is 0 Å². The molecule has 0 aliphatic rings. The summed E-state index contributed by atoms with van der Waals surface area (Å²) in [5.41, 5.74) is 5.84. The molecule has 0 fully saturated rings. The highest BCUT2D eigenvalue weighted by atomic mass is 35.5. The van der Waals surface area contributed by atoms with Crippen LogP contribution in [0.4, 0.5) is 0 Å². The molecule has 104 valence electrons. The van der Waals surface area contributed by atoms with Crippen LogP contribution in [0.1, 0.15) is 16.8 Å². The van der Waals surface area contributed by atoms with Crippen molar-refractivity contribution in [2.24, 2.45) is 5.73 Å². The first-order chi connectivity index (χ1) is 8.91. The molecular formula is C12H13Cl2NO3S. The van der Waals surface area contributed by atoms with E-state index in [0.717, 1.165) is 0 Å². The zero-order valence-corrected chi connectivity index (χ0v) is 12.3. The van der Waals surface area contributed by atoms with Gasteiger partial charge in [0.1, 0.15) is 6.04 Å². The van der Waals surface area contributed by atoms with Crippen molar-refractivity contribution in [3.63, 3.8) is 0 Å². The number of hydrogen-bond donors (Lipinski definition) is 2. The Morgan fingerprint density at radius 2 is 2.00 bits per heavy atom. The van der Waals surface area contributed by atoms with Crippen molar-refractivity contribution in [2.45, 2.75) is 12.5 Å². The second-order valence-corrected chi connectivity index (χ2v) is 5.79. The van der Waals surface area contributed by atoms with Crippen molar-refractivity contribution in [3.8, 4) is 0 Å². The fraction of sp³-hybridized carbons (Fsp3) is 0.333. The van der Waals surface area contributed by atoms with Crippen molar-refractivity contribution < 1.29 is 14.7 Å². The van der Waals surface area contributed by atoms with Gasteiger partial charge in [-0.3, -0.25) is 9.59 Å². The molecule has 0 aliphatic heterocycles. The summed E-state index contributed by atoms with van der Waals surface area (Å²) in [5.74, 6) is -0.303. The number of hydrogen-bond acceptors (Lipinski definition) is 4. The van der Waals surface area contributed by atoms with Gasteiger partial charge in [0, 0.05) is 23.5 Å². The van der Waals surface area contributed by atoms with Gasteiger partial charge in [0.25, 0.3) is 0 Å². The Labute approximate surface area is 125 Å². The van der Waals surface area contributed by atoms with E-state index in [4.69, 9.17) is 34.0 Å². The van der Waals surface area contributed by atoms with Gasteiger partial charge in [0.05, 0.1) is 10.0 Å². The van der Waals surface area contributed by atoms with Crippen molar-refractivity contribution in [1.82, 2.24) is 0 Å². The molecule has 1 aromatic carbocycles. The molecule has 0 aromatic heterocycles. The lowest BCUT2D eigenvalue weighted by Gasteiger charge is -2.06. The van der Waals surface area contributed by atoms with Gasteiger partial charge in [-0.25, -0.2) is 0 Å². The van der Waals surface area contributed by atoms with Crippen LogP contribution in [0.25, 0.3) is 0 Å². The van der Waals surface area contributed by atoms with E-state index in [1.54, 1.807) is 12.1 Å². The maximum Gasteiger partial charge on any atom is 0.321 e. The van der Waals surface area contributed by atoms with Crippen LogP contribution in [-0.2, 0) is 4.79 Å². The molecule has 1 rings (SSSR count). The van der Waals surface area contributed by atoms with Crippen molar-refractivity contribution in [1.29, 1.82) is 0 Å². The molecule has 0 unspecified atom stereocenters. The van der Waals surface area contributed by atoms with Crippen LogP contribution in [0.2, 0.25) is 10.0 Å². The van der Waals surface area contributed by atoms with E-state index in [1.165, 1.54) is 17.8 Å². The monoisotopic (exact) mass is 321 g/mol. The number of carbonyl (C=O) groups is 2. The average Bonchev–Trinajstić information content (AvgIpc) is 2.37. The third-order valence-electron chi connectivity index (χ3n) is 2.33. The zero-order chi connectivity index (χ0) is 14.4. The first-order valence-corrected chi connectivity index (χ1v) is 7.37. The largest absolute Gasteiger partial charge is 0.480 e. The van der Waals surface area contributed by atoms with Gasteiger partial charge >= 0.3 is 5.97 Å². The molecule has 0 spiro atoms. The summed E-state index contributed by atoms with van der Waals surface area (Å²) in [5, 5.41) is 9.34. The van der Waals surface area contributed by atoms with E-state index < -0.39 is 12.0 Å². The molecule has 0 bridgehead atoms. The Morgan fingerprint density at radius 1 is 1.32 bits per heavy atom. The van der Waals surface area contributed by atoms with Gasteiger partial charge in [-0.15, -0.1) is 0 Å². The summed E-state index contributed by atoms with van der Waals surface area (Å²) in [7, 11) is 0. The molecule has 0 amide bonds. The van der Waals surface area contributed by atoms with E-state index in [1.807, 2.05) is 0 Å². The molecular weight excluding hydrogens is 309 g/mol. The lowest BCUT2D eigenvalue weighted by Crippen LogP contribution is -2.32. The standard InChI is InChI=1S/C12H13Cl2NO3S/c13-8-2-1-7(5-9(8)14)11(16)3-4-19-6-10(15)12(17)18/h1-2,5,10H,3-4,6,15H2,(H,17,18)/t10-/m0/s1. The number of carbonyl (C=O) groups excluding carboxylic acids is 1. The predicted octanol–water partition coefficient (Wildman–Crippen LogP) is 2.71. The van der Waals surface area contributed by atoms with E-state index >= 15 is 0 Å². The van der Waals surface area contributed by atoms with Crippen LogP contribution >= 0.6 is 35.0 Å². The number of carboxylic acids is 1. The Balaban J connectivity index is 2.39. The second kappa shape index (κ2) is 7.75. The second-order valence-electron chi connectivity index (χ2n) is 3.82. The summed E-state index contributed by atoms with van der Waals surface area (Å²) >= 11 is 12.9. The van der Waals surface area contributed by atoms with Gasteiger partial charge in [0.15, 0.2) is 5.78 Å². The smallest absolute Gasteiger partial charge is 0.321 e. The third kappa shape index (κ3) is 5.40. The predicted molar refractivity (Wildman–Crippen MR) is 78.3 cm³/mol. The van der Waals surface area contributed by atoms with Crippen molar-refractivity contribution >= 4 is 46.7 Å². The van der Waals surface area contributed by atoms with Crippen LogP contribution in [0, 0.1) is 0 Å². The van der Waals surface area contributed by atoms with Crippen LogP contribution in [0.5, 0.6) is 0 Å². The third-order valence-corrected chi connectivity index (χ3v) is 4.16. The molecule has 0 heterocycles. The topological polar surface area (TPSA) is 80.4 Å². The van der Waals surface area contributed by atoms with Crippen molar-refractivity contribution in [2.75, 3.05) is 11.5 Å². The summed E-state index contributed by atoms with van der Waals surface area (Å²) in [6.45, 7) is 0. The van der Waals surface area contributed by atoms with Gasteiger partial charge in [0.2, 0.25) is 0 Å². The SMILES string of the molecule is N[C@@H](CSCCC(=O)c1ccc(Cl)c(Cl)c1)C(=O)O. The molecule has 4 nitrogen and oxygen atoms in total. The molecule has 0 radical (unpaired) electrons. The number of aliphatic carboxylic acids is 1. The van der Waals surface area contributed by atoms with Gasteiger partial charge in [-0.05, 0) is 18.2 Å². The first kappa shape index (κ1) is 16.3. The fourth-order valence-electron chi connectivity index (χ4n) is 1.26. The Kier molecular flexibility index (Phi) is 6.65. The lowest BCUT2D eigenvalue weighted by atomic mass is 10.1. The number of thioether (sulfide) groups is 1. The van der Waals surface area contributed by atoms with Crippen LogP contribution < -0.4 is 5.73 Å². The highest BCUT2D eigenvalue weighted by Crippen LogP contribution is 2.23. The van der Waals surface area contributed by atoms with Crippen LogP contribution in [0.15, 0.2) is 18.2 Å². The quantitative estimate of drug-likeness (QED) is 0.596. The Bertz CT molecular complexity index is 482. The summed E-state index contributed by atoms with van der Waals surface area (Å²) in [4.78, 5) is 22.3. The minimum absolute atomic E-state index is 0.0602. The van der Waals surface area contributed by atoms with Gasteiger partial charge in [-0.2, -0.15) is 11.8 Å². The number of ketones is 1. The molecule has 1 aromatic rings. The number of benzene rings is 1. The highest BCUT2D eigenvalue weighted by Gasteiger charge is 2.12. The van der Waals surface area contributed by atoms with E-state index in [-0.39, 0.29) is 11.5 Å². The highest BCUT2D eigenvalue weighted by molar-refractivity contribution is 7.99. The summed E-state index contributed by atoms with van der Waals surface area (Å²) < 4.78 is 0. The van der Waals surface area contributed by atoms with E-state index in [9.17, 15) is 9.59 Å².